The highest BCUT2D eigenvalue weighted by atomic mass is 35.5. The first-order valence-corrected chi connectivity index (χ1v) is 6.56. The average Bonchev–Trinajstić information content (AvgIpc) is 2.33. The van der Waals surface area contributed by atoms with Crippen LogP contribution in [0, 0.1) is 5.82 Å². The predicted molar refractivity (Wildman–Crippen MR) is 76.1 cm³/mol. The molecule has 0 spiro atoms. The van der Waals surface area contributed by atoms with Crippen molar-refractivity contribution in [3.8, 4) is 0 Å². The molecule has 0 bridgehead atoms. The topological polar surface area (TPSA) is 20.2 Å². The summed E-state index contributed by atoms with van der Waals surface area (Å²) < 4.78 is 13.1. The molecule has 1 N–H and O–H groups in total. The molecule has 2 rings (SSSR count). The second kappa shape index (κ2) is 5.49. The summed E-state index contributed by atoms with van der Waals surface area (Å²) >= 11 is 11.7. The van der Waals surface area contributed by atoms with Crippen molar-refractivity contribution < 1.29 is 9.50 Å². The first-order valence-electron chi connectivity index (χ1n) is 5.81. The van der Waals surface area contributed by atoms with Crippen molar-refractivity contribution in [3.63, 3.8) is 0 Å². The summed E-state index contributed by atoms with van der Waals surface area (Å²) in [6.45, 7) is 1.69. The summed E-state index contributed by atoms with van der Waals surface area (Å²) in [5, 5.41) is 11.1. The number of benzene rings is 2. The van der Waals surface area contributed by atoms with E-state index in [1.165, 1.54) is 12.1 Å². The van der Waals surface area contributed by atoms with Gasteiger partial charge in [-0.3, -0.25) is 0 Å². The highest BCUT2D eigenvalue weighted by molar-refractivity contribution is 6.31. The molecule has 1 nitrogen and oxygen atoms in total. The Morgan fingerprint density at radius 3 is 2.53 bits per heavy atom. The predicted octanol–water partition coefficient (Wildman–Crippen LogP) is 4.58. The summed E-state index contributed by atoms with van der Waals surface area (Å²) in [7, 11) is 0. The average molecular weight is 299 g/mol. The largest absolute Gasteiger partial charge is 0.385 e. The number of rotatable bonds is 3. The minimum atomic E-state index is -1.09. The summed E-state index contributed by atoms with van der Waals surface area (Å²) in [5.74, 6) is -0.465. The molecule has 0 aliphatic rings. The van der Waals surface area contributed by atoms with E-state index in [2.05, 4.69) is 0 Å². The molecular weight excluding hydrogens is 286 g/mol. The first-order chi connectivity index (χ1) is 8.88. The maximum atomic E-state index is 13.1. The van der Waals surface area contributed by atoms with Crippen molar-refractivity contribution in [3.05, 3.63) is 69.5 Å². The molecule has 100 valence electrons. The molecule has 4 heteroatoms. The fourth-order valence-electron chi connectivity index (χ4n) is 1.97. The van der Waals surface area contributed by atoms with Crippen molar-refractivity contribution in [1.29, 1.82) is 0 Å². The lowest BCUT2D eigenvalue weighted by Gasteiger charge is -2.24. The molecule has 0 aliphatic heterocycles. The molecule has 0 saturated carbocycles. The van der Waals surface area contributed by atoms with Gasteiger partial charge in [0.1, 0.15) is 5.82 Å². The Hall–Kier alpha value is -1.09. The molecule has 2 aromatic rings. The van der Waals surface area contributed by atoms with Gasteiger partial charge in [-0.15, -0.1) is 0 Å². The zero-order valence-electron chi connectivity index (χ0n) is 10.3. The summed E-state index contributed by atoms with van der Waals surface area (Å²) in [6, 6.07) is 11.5. The second-order valence-corrected chi connectivity index (χ2v) is 5.55. The molecule has 0 aromatic heterocycles. The highest BCUT2D eigenvalue weighted by Gasteiger charge is 2.24. The van der Waals surface area contributed by atoms with Crippen LogP contribution in [0.25, 0.3) is 0 Å². The molecule has 0 aliphatic carbocycles. The smallest absolute Gasteiger partial charge is 0.141 e. The molecular formula is C15H13Cl2FO. The highest BCUT2D eigenvalue weighted by Crippen LogP contribution is 2.28. The van der Waals surface area contributed by atoms with E-state index in [9.17, 15) is 9.50 Å². The summed E-state index contributed by atoms with van der Waals surface area (Å²) in [4.78, 5) is 0. The molecule has 19 heavy (non-hydrogen) atoms. The van der Waals surface area contributed by atoms with Crippen molar-refractivity contribution in [2.75, 3.05) is 0 Å². The quantitative estimate of drug-likeness (QED) is 0.879. The lowest BCUT2D eigenvalue weighted by Crippen LogP contribution is -2.24. The first kappa shape index (κ1) is 14.3. The molecule has 2 aromatic carbocycles. The van der Waals surface area contributed by atoms with E-state index >= 15 is 0 Å². The third kappa shape index (κ3) is 3.47. The van der Waals surface area contributed by atoms with E-state index in [1.807, 2.05) is 0 Å². The van der Waals surface area contributed by atoms with Gasteiger partial charge in [-0.25, -0.2) is 4.39 Å². The van der Waals surface area contributed by atoms with Gasteiger partial charge in [0.05, 0.1) is 10.6 Å². The summed E-state index contributed by atoms with van der Waals surface area (Å²) in [6.07, 6.45) is 0.327. The van der Waals surface area contributed by atoms with Crippen LogP contribution in [0.4, 0.5) is 4.39 Å². The van der Waals surface area contributed by atoms with Gasteiger partial charge in [0.15, 0.2) is 0 Å². The molecule has 0 heterocycles. The third-order valence-electron chi connectivity index (χ3n) is 2.98. The van der Waals surface area contributed by atoms with Crippen LogP contribution in [0.2, 0.25) is 10.0 Å². The van der Waals surface area contributed by atoms with E-state index in [0.717, 1.165) is 5.56 Å². The lowest BCUT2D eigenvalue weighted by atomic mass is 9.89. The van der Waals surface area contributed by atoms with Crippen LogP contribution in [0.5, 0.6) is 0 Å². The van der Waals surface area contributed by atoms with Crippen LogP contribution >= 0.6 is 23.2 Å². The van der Waals surface area contributed by atoms with Crippen LogP contribution < -0.4 is 0 Å². The SMILES string of the molecule is CC(O)(Cc1ccc(F)c(Cl)c1)c1cccc(Cl)c1. The van der Waals surface area contributed by atoms with Crippen molar-refractivity contribution in [2.24, 2.45) is 0 Å². The Kier molecular flexibility index (Phi) is 4.14. The maximum Gasteiger partial charge on any atom is 0.141 e. The molecule has 1 atom stereocenters. The fourth-order valence-corrected chi connectivity index (χ4v) is 2.37. The standard InChI is InChI=1S/C15H13Cl2FO/c1-15(19,11-3-2-4-12(16)8-11)9-10-5-6-14(18)13(17)7-10/h2-8,19H,9H2,1H3. The minimum Gasteiger partial charge on any atom is -0.385 e. The van der Waals surface area contributed by atoms with Crippen LogP contribution in [0.1, 0.15) is 18.1 Å². The monoisotopic (exact) mass is 298 g/mol. The van der Waals surface area contributed by atoms with Crippen molar-refractivity contribution >= 4 is 23.2 Å². The second-order valence-electron chi connectivity index (χ2n) is 4.71. The third-order valence-corrected chi connectivity index (χ3v) is 3.50. The normalized spacial score (nSPS) is 14.2. The van der Waals surface area contributed by atoms with Gasteiger partial charge in [-0.2, -0.15) is 0 Å². The van der Waals surface area contributed by atoms with Crippen LogP contribution in [0.15, 0.2) is 42.5 Å². The van der Waals surface area contributed by atoms with Crippen LogP contribution in [-0.4, -0.2) is 5.11 Å². The Morgan fingerprint density at radius 1 is 1.16 bits per heavy atom. The van der Waals surface area contributed by atoms with Gasteiger partial charge in [0.25, 0.3) is 0 Å². The number of halogens is 3. The van der Waals surface area contributed by atoms with Gasteiger partial charge in [0, 0.05) is 11.4 Å². The molecule has 1 unspecified atom stereocenters. The minimum absolute atomic E-state index is 0.0550. The number of hydrogen-bond donors (Lipinski definition) is 1. The van der Waals surface area contributed by atoms with E-state index < -0.39 is 11.4 Å². The summed E-state index contributed by atoms with van der Waals surface area (Å²) in [5.41, 5.74) is 0.378. The Labute approximate surface area is 121 Å². The Balaban J connectivity index is 2.27. The fraction of sp³-hybridized carbons (Fsp3) is 0.200. The molecule has 0 amide bonds. The van der Waals surface area contributed by atoms with Gasteiger partial charge < -0.3 is 5.11 Å². The van der Waals surface area contributed by atoms with Crippen molar-refractivity contribution in [1.82, 2.24) is 0 Å². The zero-order valence-corrected chi connectivity index (χ0v) is 11.8. The van der Waals surface area contributed by atoms with Crippen LogP contribution in [-0.2, 0) is 12.0 Å². The van der Waals surface area contributed by atoms with Gasteiger partial charge in [-0.05, 0) is 42.3 Å². The van der Waals surface area contributed by atoms with Gasteiger partial charge >= 0.3 is 0 Å². The molecule has 0 saturated heterocycles. The Bertz CT molecular complexity index is 596. The number of hydrogen-bond acceptors (Lipinski definition) is 1. The molecule has 0 radical (unpaired) electrons. The van der Waals surface area contributed by atoms with Crippen molar-refractivity contribution in [2.45, 2.75) is 18.9 Å². The maximum absolute atomic E-state index is 13.1. The van der Waals surface area contributed by atoms with E-state index in [0.29, 0.717) is 17.0 Å². The lowest BCUT2D eigenvalue weighted by molar-refractivity contribution is 0.0576. The van der Waals surface area contributed by atoms with Crippen LogP contribution in [0.3, 0.4) is 0 Å². The van der Waals surface area contributed by atoms with E-state index in [1.54, 1.807) is 37.3 Å². The number of aliphatic hydroxyl groups is 1. The van der Waals surface area contributed by atoms with E-state index in [-0.39, 0.29) is 5.02 Å². The van der Waals surface area contributed by atoms with Gasteiger partial charge in [-0.1, -0.05) is 41.4 Å². The van der Waals surface area contributed by atoms with E-state index in [4.69, 9.17) is 23.2 Å². The zero-order chi connectivity index (χ0) is 14.0. The van der Waals surface area contributed by atoms with Gasteiger partial charge in [0.2, 0.25) is 0 Å². The molecule has 0 fully saturated rings. The Morgan fingerprint density at radius 2 is 1.89 bits per heavy atom.